The highest BCUT2D eigenvalue weighted by Crippen LogP contribution is 2.18. The molecule has 0 unspecified atom stereocenters. The number of carbonyl (C=O) groups is 2. The van der Waals surface area contributed by atoms with Crippen LogP contribution in [0.1, 0.15) is 23.3 Å². The average molecular weight is 252 g/mol. The summed E-state index contributed by atoms with van der Waals surface area (Å²) in [6.07, 6.45) is 1.20. The van der Waals surface area contributed by atoms with E-state index in [0.717, 1.165) is 6.07 Å². The third-order valence-electron chi connectivity index (χ3n) is 2.99. The fourth-order valence-electron chi connectivity index (χ4n) is 2.05. The number of aromatic nitrogens is 1. The molecule has 0 saturated carbocycles. The van der Waals surface area contributed by atoms with E-state index in [9.17, 15) is 14.0 Å². The first kappa shape index (κ1) is 12.5. The molecule has 0 aliphatic carbocycles. The molecule has 0 aromatic carbocycles. The van der Waals surface area contributed by atoms with Gasteiger partial charge in [-0.15, -0.1) is 0 Å². The summed E-state index contributed by atoms with van der Waals surface area (Å²) in [6.45, 7) is 0.646. The van der Waals surface area contributed by atoms with Crippen molar-refractivity contribution in [3.05, 3.63) is 29.8 Å². The molecule has 2 rings (SSSR count). The number of piperidine rings is 1. The Morgan fingerprint density at radius 3 is 2.89 bits per heavy atom. The van der Waals surface area contributed by atoms with Gasteiger partial charge < -0.3 is 10.0 Å². The quantitative estimate of drug-likeness (QED) is 0.802. The minimum Gasteiger partial charge on any atom is -0.481 e. The predicted molar refractivity (Wildman–Crippen MR) is 60.5 cm³/mol. The Hall–Kier alpha value is -1.98. The van der Waals surface area contributed by atoms with E-state index >= 15 is 0 Å². The van der Waals surface area contributed by atoms with Gasteiger partial charge in [0.25, 0.3) is 5.91 Å². The number of halogens is 1. The van der Waals surface area contributed by atoms with Gasteiger partial charge in [-0.25, -0.2) is 4.98 Å². The first-order valence-corrected chi connectivity index (χ1v) is 5.72. The van der Waals surface area contributed by atoms with Crippen LogP contribution in [0.4, 0.5) is 4.39 Å². The Morgan fingerprint density at radius 2 is 2.22 bits per heavy atom. The number of likely N-dealkylation sites (tertiary alicyclic amines) is 1. The van der Waals surface area contributed by atoms with Crippen LogP contribution in [0.3, 0.4) is 0 Å². The van der Waals surface area contributed by atoms with E-state index in [1.54, 1.807) is 0 Å². The van der Waals surface area contributed by atoms with Crippen LogP contribution in [0.2, 0.25) is 0 Å². The normalized spacial score (nSPS) is 19.6. The Labute approximate surface area is 103 Å². The van der Waals surface area contributed by atoms with E-state index in [1.807, 2.05) is 0 Å². The van der Waals surface area contributed by atoms with Crippen LogP contribution in [0.5, 0.6) is 0 Å². The lowest BCUT2D eigenvalue weighted by atomic mass is 9.98. The predicted octanol–water partition coefficient (Wildman–Crippen LogP) is 1.16. The summed E-state index contributed by atoms with van der Waals surface area (Å²) >= 11 is 0. The molecule has 18 heavy (non-hydrogen) atoms. The molecule has 1 amide bonds. The molecule has 1 aromatic heterocycles. The van der Waals surface area contributed by atoms with Gasteiger partial charge in [0, 0.05) is 13.1 Å². The van der Waals surface area contributed by atoms with Gasteiger partial charge in [-0.05, 0) is 25.0 Å². The minimum absolute atomic E-state index is 0.0149. The molecule has 1 atom stereocenters. The van der Waals surface area contributed by atoms with Crippen LogP contribution in [-0.4, -0.2) is 40.0 Å². The molecule has 1 aliphatic rings. The summed E-state index contributed by atoms with van der Waals surface area (Å²) in [5, 5.41) is 8.94. The Kier molecular flexibility index (Phi) is 3.55. The highest BCUT2D eigenvalue weighted by atomic mass is 19.1. The second-order valence-corrected chi connectivity index (χ2v) is 4.27. The van der Waals surface area contributed by atoms with Gasteiger partial charge in [0.15, 0.2) is 0 Å². The molecule has 5 nitrogen and oxygen atoms in total. The van der Waals surface area contributed by atoms with Crippen molar-refractivity contribution in [1.29, 1.82) is 0 Å². The van der Waals surface area contributed by atoms with Crippen molar-refractivity contribution in [1.82, 2.24) is 9.88 Å². The number of hydrogen-bond acceptors (Lipinski definition) is 3. The van der Waals surface area contributed by atoms with E-state index in [4.69, 9.17) is 5.11 Å². The number of rotatable bonds is 2. The summed E-state index contributed by atoms with van der Waals surface area (Å²) in [7, 11) is 0. The second kappa shape index (κ2) is 5.12. The Balaban J connectivity index is 2.11. The largest absolute Gasteiger partial charge is 0.481 e. The lowest BCUT2D eigenvalue weighted by Gasteiger charge is -2.30. The number of carboxylic acid groups (broad SMARTS) is 1. The molecular formula is C12H13FN2O3. The molecule has 2 heterocycles. The maximum Gasteiger partial charge on any atom is 0.308 e. The van der Waals surface area contributed by atoms with Crippen molar-refractivity contribution in [2.45, 2.75) is 12.8 Å². The van der Waals surface area contributed by atoms with Gasteiger partial charge in [-0.2, -0.15) is 4.39 Å². The maximum atomic E-state index is 12.9. The monoisotopic (exact) mass is 252 g/mol. The maximum absolute atomic E-state index is 12.9. The van der Waals surface area contributed by atoms with Crippen LogP contribution in [0.15, 0.2) is 18.2 Å². The minimum atomic E-state index is -0.903. The number of carboxylic acids is 1. The van der Waals surface area contributed by atoms with Crippen molar-refractivity contribution in [3.8, 4) is 0 Å². The molecule has 6 heteroatoms. The first-order chi connectivity index (χ1) is 8.58. The average Bonchev–Trinajstić information content (AvgIpc) is 2.38. The fourth-order valence-corrected chi connectivity index (χ4v) is 2.05. The van der Waals surface area contributed by atoms with Gasteiger partial charge >= 0.3 is 5.97 Å². The lowest BCUT2D eigenvalue weighted by Crippen LogP contribution is -2.42. The SMILES string of the molecule is O=C(O)[C@@H]1CCCN(C(=O)c2cccc(F)n2)C1. The van der Waals surface area contributed by atoms with Gasteiger partial charge in [0.1, 0.15) is 5.69 Å². The van der Waals surface area contributed by atoms with Crippen LogP contribution in [-0.2, 0) is 4.79 Å². The molecule has 1 aromatic rings. The van der Waals surface area contributed by atoms with E-state index in [0.29, 0.717) is 19.4 Å². The topological polar surface area (TPSA) is 70.5 Å². The molecule has 1 saturated heterocycles. The van der Waals surface area contributed by atoms with Gasteiger partial charge in [0.05, 0.1) is 5.92 Å². The summed E-state index contributed by atoms with van der Waals surface area (Å²) in [4.78, 5) is 27.9. The van der Waals surface area contributed by atoms with E-state index < -0.39 is 23.7 Å². The summed E-state index contributed by atoms with van der Waals surface area (Å²) < 4.78 is 12.9. The molecule has 0 spiro atoms. The van der Waals surface area contributed by atoms with E-state index in [1.165, 1.54) is 17.0 Å². The number of pyridine rings is 1. The van der Waals surface area contributed by atoms with Gasteiger partial charge in [-0.3, -0.25) is 9.59 Å². The van der Waals surface area contributed by atoms with Crippen molar-refractivity contribution < 1.29 is 19.1 Å². The van der Waals surface area contributed by atoms with Crippen molar-refractivity contribution in [2.24, 2.45) is 5.92 Å². The standard InChI is InChI=1S/C12H13FN2O3/c13-10-5-1-4-9(14-10)11(16)15-6-2-3-8(7-15)12(17)18/h1,4-5,8H,2-3,6-7H2,(H,17,18)/t8-/m1/s1. The molecule has 0 radical (unpaired) electrons. The van der Waals surface area contributed by atoms with Crippen LogP contribution < -0.4 is 0 Å². The third-order valence-corrected chi connectivity index (χ3v) is 2.99. The van der Waals surface area contributed by atoms with Crippen LogP contribution in [0, 0.1) is 11.9 Å². The van der Waals surface area contributed by atoms with E-state index in [-0.39, 0.29) is 12.2 Å². The van der Waals surface area contributed by atoms with Gasteiger partial charge in [-0.1, -0.05) is 6.07 Å². The van der Waals surface area contributed by atoms with Crippen LogP contribution in [0.25, 0.3) is 0 Å². The lowest BCUT2D eigenvalue weighted by molar-refractivity contribution is -0.143. The highest BCUT2D eigenvalue weighted by Gasteiger charge is 2.29. The third kappa shape index (κ3) is 2.64. The summed E-state index contributed by atoms with van der Waals surface area (Å²) in [5.74, 6) is -2.58. The number of carbonyl (C=O) groups excluding carboxylic acids is 1. The molecular weight excluding hydrogens is 239 g/mol. The van der Waals surface area contributed by atoms with Crippen molar-refractivity contribution in [2.75, 3.05) is 13.1 Å². The Bertz CT molecular complexity index is 478. The zero-order valence-corrected chi connectivity index (χ0v) is 9.67. The highest BCUT2D eigenvalue weighted by molar-refractivity contribution is 5.92. The smallest absolute Gasteiger partial charge is 0.308 e. The van der Waals surface area contributed by atoms with Gasteiger partial charge in [0.2, 0.25) is 5.95 Å². The van der Waals surface area contributed by atoms with Crippen molar-refractivity contribution >= 4 is 11.9 Å². The van der Waals surface area contributed by atoms with E-state index in [2.05, 4.69) is 4.98 Å². The fraction of sp³-hybridized carbons (Fsp3) is 0.417. The zero-order valence-electron chi connectivity index (χ0n) is 9.67. The first-order valence-electron chi connectivity index (χ1n) is 5.72. The number of aliphatic carboxylic acids is 1. The second-order valence-electron chi connectivity index (χ2n) is 4.27. The number of amides is 1. The summed E-state index contributed by atoms with van der Waals surface area (Å²) in [5.41, 5.74) is 0.0149. The molecule has 96 valence electrons. The Morgan fingerprint density at radius 1 is 1.44 bits per heavy atom. The molecule has 1 fully saturated rings. The van der Waals surface area contributed by atoms with Crippen LogP contribution >= 0.6 is 0 Å². The molecule has 0 bridgehead atoms. The number of nitrogens with zero attached hydrogens (tertiary/aromatic N) is 2. The van der Waals surface area contributed by atoms with Crippen molar-refractivity contribution in [3.63, 3.8) is 0 Å². The zero-order chi connectivity index (χ0) is 13.1. The molecule has 1 aliphatic heterocycles. The molecule has 1 N–H and O–H groups in total. The number of hydrogen-bond donors (Lipinski definition) is 1. The summed E-state index contributed by atoms with van der Waals surface area (Å²) in [6, 6.07) is 4.00.